The molecule has 0 saturated carbocycles. The predicted octanol–water partition coefficient (Wildman–Crippen LogP) is 4.21. The number of non-ortho nitro benzene ring substituents is 1. The number of hydrogen-bond acceptors (Lipinski definition) is 3. The van der Waals surface area contributed by atoms with Crippen molar-refractivity contribution < 1.29 is 9.72 Å². The number of carbonyl (C=O) groups is 1. The minimum absolute atomic E-state index is 0.0777. The van der Waals surface area contributed by atoms with Gasteiger partial charge in [-0.05, 0) is 68.9 Å². The van der Waals surface area contributed by atoms with Gasteiger partial charge in [0.25, 0.3) is 11.6 Å². The molecule has 20 heavy (non-hydrogen) atoms. The van der Waals surface area contributed by atoms with Crippen LogP contribution in [0.25, 0.3) is 0 Å². The molecule has 0 atom stereocenters. The Morgan fingerprint density at radius 3 is 2.45 bits per heavy atom. The van der Waals surface area contributed by atoms with Crippen LogP contribution in [0.4, 0.5) is 11.4 Å². The second kappa shape index (κ2) is 6.31. The van der Waals surface area contributed by atoms with E-state index in [0.29, 0.717) is 15.7 Å². The Hall–Kier alpha value is -1.48. The first kappa shape index (κ1) is 14.9. The lowest BCUT2D eigenvalue weighted by Crippen LogP contribution is -2.12. The zero-order valence-corrected chi connectivity index (χ0v) is 13.7. The average molecular weight is 447 g/mol. The highest BCUT2D eigenvalue weighted by molar-refractivity contribution is 14.1. The minimum Gasteiger partial charge on any atom is -0.321 e. The Balaban J connectivity index is 2.25. The first-order valence-electron chi connectivity index (χ1n) is 5.48. The minimum atomic E-state index is -0.507. The predicted molar refractivity (Wildman–Crippen MR) is 87.9 cm³/mol. The van der Waals surface area contributed by atoms with Gasteiger partial charge in [-0.25, -0.2) is 0 Å². The Labute approximate surface area is 136 Å². The largest absolute Gasteiger partial charge is 0.321 e. The molecule has 2 aromatic carbocycles. The van der Waals surface area contributed by atoms with E-state index in [1.807, 2.05) is 12.1 Å². The van der Waals surface area contributed by atoms with E-state index in [9.17, 15) is 14.9 Å². The van der Waals surface area contributed by atoms with Gasteiger partial charge in [-0.3, -0.25) is 14.9 Å². The molecular formula is C13H8BrIN2O3. The van der Waals surface area contributed by atoms with Gasteiger partial charge in [0.1, 0.15) is 0 Å². The first-order valence-corrected chi connectivity index (χ1v) is 7.35. The molecule has 7 heteroatoms. The van der Waals surface area contributed by atoms with Gasteiger partial charge in [0, 0.05) is 25.7 Å². The number of halogens is 2. The van der Waals surface area contributed by atoms with E-state index in [1.165, 1.54) is 18.2 Å². The standard InChI is InChI=1S/C13H8BrIN2O3/c14-11-6-5-10(17(19)20)7-12(11)16-13(18)8-1-3-9(15)4-2-8/h1-7H,(H,16,18). The van der Waals surface area contributed by atoms with Crippen LogP contribution in [0.3, 0.4) is 0 Å². The normalized spacial score (nSPS) is 10.1. The monoisotopic (exact) mass is 446 g/mol. The van der Waals surface area contributed by atoms with Gasteiger partial charge in [0.05, 0.1) is 10.6 Å². The van der Waals surface area contributed by atoms with Crippen LogP contribution in [0.15, 0.2) is 46.9 Å². The maximum atomic E-state index is 12.1. The summed E-state index contributed by atoms with van der Waals surface area (Å²) in [6.07, 6.45) is 0. The van der Waals surface area contributed by atoms with Crippen molar-refractivity contribution in [3.63, 3.8) is 0 Å². The van der Waals surface area contributed by atoms with Gasteiger partial charge < -0.3 is 5.32 Å². The average Bonchev–Trinajstić information content (AvgIpc) is 2.41. The second-order valence-electron chi connectivity index (χ2n) is 3.88. The zero-order chi connectivity index (χ0) is 14.7. The molecule has 0 aromatic heterocycles. The number of nitro groups is 1. The third-order valence-corrected chi connectivity index (χ3v) is 3.93. The summed E-state index contributed by atoms with van der Waals surface area (Å²) in [6, 6.07) is 11.2. The number of carbonyl (C=O) groups excluding carboxylic acids is 1. The molecule has 0 radical (unpaired) electrons. The lowest BCUT2D eigenvalue weighted by atomic mass is 10.2. The third-order valence-electron chi connectivity index (χ3n) is 2.52. The highest BCUT2D eigenvalue weighted by Gasteiger charge is 2.12. The summed E-state index contributed by atoms with van der Waals surface area (Å²) >= 11 is 5.40. The van der Waals surface area contributed by atoms with Crippen molar-refractivity contribution in [2.45, 2.75) is 0 Å². The van der Waals surface area contributed by atoms with Gasteiger partial charge in [-0.1, -0.05) is 0 Å². The van der Waals surface area contributed by atoms with E-state index in [4.69, 9.17) is 0 Å². The first-order chi connectivity index (χ1) is 9.47. The number of benzene rings is 2. The smallest absolute Gasteiger partial charge is 0.271 e. The molecule has 2 rings (SSSR count). The number of nitrogens with one attached hydrogen (secondary N) is 1. The molecule has 0 bridgehead atoms. The van der Waals surface area contributed by atoms with Gasteiger partial charge in [0.15, 0.2) is 0 Å². The molecule has 2 aromatic rings. The highest BCUT2D eigenvalue weighted by Crippen LogP contribution is 2.27. The number of hydrogen-bond donors (Lipinski definition) is 1. The molecule has 0 heterocycles. The molecule has 0 saturated heterocycles. The molecule has 1 amide bonds. The number of rotatable bonds is 3. The van der Waals surface area contributed by atoms with Gasteiger partial charge >= 0.3 is 0 Å². The molecule has 0 fully saturated rings. The molecule has 0 unspecified atom stereocenters. The van der Waals surface area contributed by atoms with E-state index in [0.717, 1.165) is 3.57 Å². The summed E-state index contributed by atoms with van der Waals surface area (Å²) in [7, 11) is 0. The molecule has 0 spiro atoms. The topological polar surface area (TPSA) is 72.2 Å². The van der Waals surface area contributed by atoms with E-state index in [1.54, 1.807) is 12.1 Å². The van der Waals surface area contributed by atoms with Crippen molar-refractivity contribution in [2.75, 3.05) is 5.32 Å². The summed E-state index contributed by atoms with van der Waals surface area (Å²) in [5, 5.41) is 13.4. The lowest BCUT2D eigenvalue weighted by molar-refractivity contribution is -0.384. The fraction of sp³-hybridized carbons (Fsp3) is 0. The zero-order valence-electron chi connectivity index (χ0n) is 9.97. The van der Waals surface area contributed by atoms with Crippen LogP contribution in [0.1, 0.15) is 10.4 Å². The van der Waals surface area contributed by atoms with Gasteiger partial charge in [-0.2, -0.15) is 0 Å². The number of nitro benzene ring substituents is 1. The van der Waals surface area contributed by atoms with Gasteiger partial charge in [0.2, 0.25) is 0 Å². The number of amides is 1. The fourth-order valence-corrected chi connectivity index (χ4v) is 2.22. The Morgan fingerprint density at radius 2 is 1.85 bits per heavy atom. The highest BCUT2D eigenvalue weighted by atomic mass is 127. The van der Waals surface area contributed by atoms with Crippen LogP contribution in [0.5, 0.6) is 0 Å². The van der Waals surface area contributed by atoms with Crippen LogP contribution in [0, 0.1) is 13.7 Å². The van der Waals surface area contributed by atoms with Crippen LogP contribution >= 0.6 is 38.5 Å². The summed E-state index contributed by atoms with van der Waals surface area (Å²) in [5.41, 5.74) is 0.776. The van der Waals surface area contributed by atoms with Gasteiger partial charge in [-0.15, -0.1) is 0 Å². The van der Waals surface area contributed by atoms with E-state index in [2.05, 4.69) is 43.8 Å². The molecule has 0 aliphatic heterocycles. The molecule has 1 N–H and O–H groups in total. The van der Waals surface area contributed by atoms with Crippen molar-refractivity contribution in [3.8, 4) is 0 Å². The van der Waals surface area contributed by atoms with Crippen LogP contribution in [-0.2, 0) is 0 Å². The van der Waals surface area contributed by atoms with Crippen molar-refractivity contribution in [1.82, 2.24) is 0 Å². The fourth-order valence-electron chi connectivity index (χ4n) is 1.52. The lowest BCUT2D eigenvalue weighted by Gasteiger charge is -2.07. The third kappa shape index (κ3) is 3.54. The van der Waals surface area contributed by atoms with Crippen LogP contribution in [-0.4, -0.2) is 10.8 Å². The van der Waals surface area contributed by atoms with Crippen molar-refractivity contribution >= 4 is 55.8 Å². The Morgan fingerprint density at radius 1 is 1.20 bits per heavy atom. The second-order valence-corrected chi connectivity index (χ2v) is 5.98. The summed E-state index contributed by atoms with van der Waals surface area (Å²) in [6.45, 7) is 0. The van der Waals surface area contributed by atoms with E-state index >= 15 is 0 Å². The molecule has 5 nitrogen and oxygen atoms in total. The van der Waals surface area contributed by atoms with E-state index < -0.39 is 4.92 Å². The van der Waals surface area contributed by atoms with Crippen LogP contribution in [0.2, 0.25) is 0 Å². The maximum Gasteiger partial charge on any atom is 0.271 e. The molecule has 102 valence electrons. The summed E-state index contributed by atoms with van der Waals surface area (Å²) in [4.78, 5) is 22.3. The summed E-state index contributed by atoms with van der Waals surface area (Å²) < 4.78 is 1.61. The number of nitrogens with zero attached hydrogens (tertiary/aromatic N) is 1. The van der Waals surface area contributed by atoms with Crippen LogP contribution < -0.4 is 5.32 Å². The number of anilines is 1. The SMILES string of the molecule is O=C(Nc1cc([N+](=O)[O-])ccc1Br)c1ccc(I)cc1. The maximum absolute atomic E-state index is 12.1. The Bertz CT molecular complexity index is 674. The quantitative estimate of drug-likeness (QED) is 0.436. The van der Waals surface area contributed by atoms with Crippen molar-refractivity contribution in [3.05, 3.63) is 66.2 Å². The Kier molecular flexibility index (Phi) is 4.71. The molecular weight excluding hydrogens is 439 g/mol. The van der Waals surface area contributed by atoms with Crippen molar-refractivity contribution in [2.24, 2.45) is 0 Å². The summed E-state index contributed by atoms with van der Waals surface area (Å²) in [5.74, 6) is -0.317. The molecule has 0 aliphatic carbocycles. The van der Waals surface area contributed by atoms with E-state index in [-0.39, 0.29) is 11.6 Å². The van der Waals surface area contributed by atoms with Crippen molar-refractivity contribution in [1.29, 1.82) is 0 Å². The molecule has 0 aliphatic rings.